The topological polar surface area (TPSA) is 43.6 Å². The molecule has 0 spiro atoms. The molecule has 43 heavy (non-hydrogen) atoms. The number of para-hydroxylation sites is 1. The van der Waals surface area contributed by atoms with Gasteiger partial charge in [-0.15, -0.1) is 0 Å². The summed E-state index contributed by atoms with van der Waals surface area (Å²) in [6.07, 6.45) is 3.65. The van der Waals surface area contributed by atoms with Gasteiger partial charge in [0, 0.05) is 28.9 Å². The fraction of sp³-hybridized carbons (Fsp3) is 0. The third-order valence-electron chi connectivity index (χ3n) is 8.45. The standard InChI is InChI=1S/C39H24N4/c1-4-13-34-28(8-1)23-33-31-12-3-2-11-30(31)32(24-35(33)42-34)27-10-5-9-26(22-27)25-16-18-29(19-17-25)43-36-14-6-20-40-38(36)39-37(43)15-7-21-41-39/h1-24H. The summed E-state index contributed by atoms with van der Waals surface area (Å²) in [7, 11) is 0. The average Bonchev–Trinajstić information content (AvgIpc) is 3.42. The lowest BCUT2D eigenvalue weighted by molar-refractivity contribution is 1.17. The molecule has 0 aliphatic rings. The fourth-order valence-electron chi connectivity index (χ4n) is 6.46. The van der Waals surface area contributed by atoms with E-state index >= 15 is 0 Å². The van der Waals surface area contributed by atoms with E-state index in [9.17, 15) is 0 Å². The van der Waals surface area contributed by atoms with Gasteiger partial charge in [0.25, 0.3) is 0 Å². The minimum atomic E-state index is 0.917. The van der Waals surface area contributed by atoms with Crippen molar-refractivity contribution in [3.8, 4) is 27.9 Å². The van der Waals surface area contributed by atoms with Crippen molar-refractivity contribution in [3.05, 3.63) is 146 Å². The van der Waals surface area contributed by atoms with E-state index in [0.717, 1.165) is 49.7 Å². The predicted octanol–water partition coefficient (Wildman–Crippen LogP) is 9.76. The number of pyridine rings is 3. The minimum Gasteiger partial charge on any atom is -0.306 e. The van der Waals surface area contributed by atoms with Crippen molar-refractivity contribution in [3.63, 3.8) is 0 Å². The second kappa shape index (κ2) is 9.33. The maximum atomic E-state index is 5.06. The molecule has 9 rings (SSSR count). The first kappa shape index (κ1) is 23.8. The summed E-state index contributed by atoms with van der Waals surface area (Å²) in [5.41, 5.74) is 11.7. The van der Waals surface area contributed by atoms with Gasteiger partial charge in [0.05, 0.1) is 22.1 Å². The number of aromatic nitrogens is 4. The molecule has 4 heteroatoms. The molecule has 0 amide bonds. The van der Waals surface area contributed by atoms with Crippen LogP contribution in [-0.2, 0) is 0 Å². The highest BCUT2D eigenvalue weighted by Crippen LogP contribution is 2.37. The summed E-state index contributed by atoms with van der Waals surface area (Å²) in [6.45, 7) is 0. The van der Waals surface area contributed by atoms with E-state index in [1.54, 1.807) is 0 Å². The van der Waals surface area contributed by atoms with Crippen molar-refractivity contribution >= 4 is 54.6 Å². The monoisotopic (exact) mass is 548 g/mol. The molecule has 200 valence electrons. The molecule has 0 saturated heterocycles. The highest BCUT2D eigenvalue weighted by molar-refractivity contribution is 6.15. The van der Waals surface area contributed by atoms with Crippen molar-refractivity contribution in [1.82, 2.24) is 19.5 Å². The van der Waals surface area contributed by atoms with Crippen LogP contribution in [0.15, 0.2) is 146 Å². The molecule has 0 bridgehead atoms. The summed E-state index contributed by atoms with van der Waals surface area (Å²) in [5, 5.41) is 4.79. The number of hydrogen-bond acceptors (Lipinski definition) is 3. The fourth-order valence-corrected chi connectivity index (χ4v) is 6.46. The Balaban J connectivity index is 1.17. The van der Waals surface area contributed by atoms with Crippen molar-refractivity contribution in [2.24, 2.45) is 0 Å². The normalized spacial score (nSPS) is 11.7. The zero-order valence-corrected chi connectivity index (χ0v) is 23.1. The van der Waals surface area contributed by atoms with Gasteiger partial charge in [-0.1, -0.05) is 72.8 Å². The quantitative estimate of drug-likeness (QED) is 0.163. The zero-order valence-electron chi connectivity index (χ0n) is 23.1. The Morgan fingerprint density at radius 2 is 1.14 bits per heavy atom. The van der Waals surface area contributed by atoms with Crippen LogP contribution in [-0.4, -0.2) is 19.5 Å². The van der Waals surface area contributed by atoms with Crippen LogP contribution < -0.4 is 0 Å². The second-order valence-corrected chi connectivity index (χ2v) is 10.9. The van der Waals surface area contributed by atoms with Gasteiger partial charge >= 0.3 is 0 Å². The van der Waals surface area contributed by atoms with Gasteiger partial charge in [0.15, 0.2) is 0 Å². The summed E-state index contributed by atoms with van der Waals surface area (Å²) in [5.74, 6) is 0. The third kappa shape index (κ3) is 3.74. The highest BCUT2D eigenvalue weighted by Gasteiger charge is 2.14. The van der Waals surface area contributed by atoms with E-state index in [1.165, 1.54) is 32.8 Å². The Morgan fingerprint density at radius 3 is 1.93 bits per heavy atom. The molecule has 4 nitrogen and oxygen atoms in total. The number of rotatable bonds is 3. The Morgan fingerprint density at radius 1 is 0.442 bits per heavy atom. The van der Waals surface area contributed by atoms with E-state index in [0.29, 0.717) is 0 Å². The van der Waals surface area contributed by atoms with E-state index in [-0.39, 0.29) is 0 Å². The SMILES string of the molecule is c1cc(-c2ccc(-n3c4cccnc4c4ncccc43)cc2)cc(-c2cc3nc4ccccc4cc3c3ccccc23)c1. The van der Waals surface area contributed by atoms with Crippen LogP contribution in [0.2, 0.25) is 0 Å². The number of benzene rings is 5. The van der Waals surface area contributed by atoms with Gasteiger partial charge in [-0.2, -0.15) is 0 Å². The maximum absolute atomic E-state index is 5.06. The first-order valence-electron chi connectivity index (χ1n) is 14.4. The molecule has 5 aromatic carbocycles. The van der Waals surface area contributed by atoms with Gasteiger partial charge in [-0.3, -0.25) is 9.97 Å². The molecular weight excluding hydrogens is 524 g/mol. The first-order chi connectivity index (χ1) is 21.3. The van der Waals surface area contributed by atoms with E-state index in [4.69, 9.17) is 4.98 Å². The first-order valence-corrected chi connectivity index (χ1v) is 14.4. The van der Waals surface area contributed by atoms with Gasteiger partial charge in [0.1, 0.15) is 11.0 Å². The predicted molar refractivity (Wildman–Crippen MR) is 178 cm³/mol. The molecule has 0 N–H and O–H groups in total. The van der Waals surface area contributed by atoms with Gasteiger partial charge in [-0.05, 0) is 93.7 Å². The number of fused-ring (bicyclic) bond motifs is 7. The van der Waals surface area contributed by atoms with Crippen LogP contribution >= 0.6 is 0 Å². The van der Waals surface area contributed by atoms with Gasteiger partial charge in [0.2, 0.25) is 0 Å². The van der Waals surface area contributed by atoms with Gasteiger partial charge < -0.3 is 4.57 Å². The van der Waals surface area contributed by atoms with Crippen molar-refractivity contribution < 1.29 is 0 Å². The van der Waals surface area contributed by atoms with Crippen LogP contribution in [0.4, 0.5) is 0 Å². The van der Waals surface area contributed by atoms with Crippen LogP contribution in [0.5, 0.6) is 0 Å². The maximum Gasteiger partial charge on any atom is 0.115 e. The summed E-state index contributed by atoms with van der Waals surface area (Å²) in [6, 6.07) is 47.3. The lowest BCUT2D eigenvalue weighted by Gasteiger charge is -2.13. The Kier molecular flexibility index (Phi) is 5.16. The lowest BCUT2D eigenvalue weighted by Crippen LogP contribution is -1.94. The molecular formula is C39H24N4. The molecule has 4 aromatic heterocycles. The van der Waals surface area contributed by atoms with Gasteiger partial charge in [-0.25, -0.2) is 4.98 Å². The largest absolute Gasteiger partial charge is 0.306 e. The van der Waals surface area contributed by atoms with Crippen molar-refractivity contribution in [2.75, 3.05) is 0 Å². The molecule has 0 aliphatic carbocycles. The average molecular weight is 549 g/mol. The Bertz CT molecular complexity index is 2450. The number of nitrogens with zero attached hydrogens (tertiary/aromatic N) is 4. The zero-order chi connectivity index (χ0) is 28.3. The molecule has 0 fully saturated rings. The molecule has 0 atom stereocenters. The minimum absolute atomic E-state index is 0.917. The van der Waals surface area contributed by atoms with Crippen LogP contribution in [0.25, 0.3) is 82.6 Å². The summed E-state index contributed by atoms with van der Waals surface area (Å²) < 4.78 is 2.24. The van der Waals surface area contributed by atoms with E-state index < -0.39 is 0 Å². The third-order valence-corrected chi connectivity index (χ3v) is 8.45. The Hall–Kier alpha value is -5.87. The molecule has 9 aromatic rings. The van der Waals surface area contributed by atoms with Crippen LogP contribution in [0.1, 0.15) is 0 Å². The molecule has 0 radical (unpaired) electrons. The smallest absolute Gasteiger partial charge is 0.115 e. The highest BCUT2D eigenvalue weighted by atomic mass is 15.0. The summed E-state index contributed by atoms with van der Waals surface area (Å²) in [4.78, 5) is 14.3. The second-order valence-electron chi connectivity index (χ2n) is 10.9. The van der Waals surface area contributed by atoms with E-state index in [1.807, 2.05) is 30.6 Å². The van der Waals surface area contributed by atoms with Crippen LogP contribution in [0.3, 0.4) is 0 Å². The number of hydrogen-bond donors (Lipinski definition) is 0. The van der Waals surface area contributed by atoms with Crippen LogP contribution in [0, 0.1) is 0 Å². The lowest BCUT2D eigenvalue weighted by atomic mass is 9.92. The summed E-state index contributed by atoms with van der Waals surface area (Å²) >= 11 is 0. The van der Waals surface area contributed by atoms with Crippen molar-refractivity contribution in [2.45, 2.75) is 0 Å². The Labute approximate surface area is 247 Å². The molecule has 0 aliphatic heterocycles. The molecule has 0 saturated carbocycles. The molecule has 0 unspecified atom stereocenters. The van der Waals surface area contributed by atoms with Crippen molar-refractivity contribution in [1.29, 1.82) is 0 Å². The van der Waals surface area contributed by atoms with E-state index in [2.05, 4.69) is 130 Å². The molecule has 4 heterocycles.